The Kier molecular flexibility index (Phi) is 3.05. The number of carbonyl (C=O) groups excluding carboxylic acids is 1. The first-order valence-corrected chi connectivity index (χ1v) is 6.07. The molecule has 0 saturated carbocycles. The molecule has 0 atom stereocenters. The second-order valence-electron chi connectivity index (χ2n) is 3.14. The lowest BCUT2D eigenvalue weighted by atomic mass is 10.1. The average molecular weight is 247 g/mol. The van der Waals surface area contributed by atoms with Crippen LogP contribution in [-0.4, -0.2) is 12.0 Å². The van der Waals surface area contributed by atoms with Crippen molar-refractivity contribution in [3.05, 3.63) is 27.2 Å². The van der Waals surface area contributed by atoms with Crippen molar-refractivity contribution in [2.75, 3.05) is 5.75 Å². The molecule has 0 unspecified atom stereocenters. The largest absolute Gasteiger partial charge is 0.298 e. The van der Waals surface area contributed by atoms with E-state index in [2.05, 4.69) is 0 Å². The smallest absolute Gasteiger partial charge is 0.152 e. The Morgan fingerprint density at radius 1 is 1.43 bits per heavy atom. The first-order valence-electron chi connectivity index (χ1n) is 4.33. The van der Waals surface area contributed by atoms with Gasteiger partial charge in [0.25, 0.3) is 0 Å². The molecule has 2 rings (SSSR count). The van der Waals surface area contributed by atoms with Crippen molar-refractivity contribution < 1.29 is 4.79 Å². The summed E-state index contributed by atoms with van der Waals surface area (Å²) in [7, 11) is 0. The zero-order chi connectivity index (χ0) is 10.1. The zero-order valence-electron chi connectivity index (χ0n) is 7.35. The van der Waals surface area contributed by atoms with Crippen LogP contribution in [0.2, 0.25) is 10.0 Å². The van der Waals surface area contributed by atoms with Crippen LogP contribution in [0.4, 0.5) is 0 Å². The van der Waals surface area contributed by atoms with E-state index in [1.807, 2.05) is 6.07 Å². The third-order valence-electron chi connectivity index (χ3n) is 2.24. The van der Waals surface area contributed by atoms with Crippen LogP contribution in [0.5, 0.6) is 0 Å². The molecule has 1 aromatic carbocycles. The summed E-state index contributed by atoms with van der Waals surface area (Å²) < 4.78 is 0. The molecule has 0 bridgehead atoms. The lowest BCUT2D eigenvalue weighted by Crippen LogP contribution is -2.02. The summed E-state index contributed by atoms with van der Waals surface area (Å²) in [5, 5.41) is 0.866. The predicted molar refractivity (Wildman–Crippen MR) is 60.9 cm³/mol. The van der Waals surface area contributed by atoms with Crippen molar-refractivity contribution >= 4 is 41.2 Å². The van der Waals surface area contributed by atoms with Crippen LogP contribution < -0.4 is 0 Å². The summed E-state index contributed by atoms with van der Waals surface area (Å²) in [6.07, 6.45) is 2.92. The predicted octanol–water partition coefficient (Wildman–Crippen LogP) is 3.84. The van der Waals surface area contributed by atoms with E-state index < -0.39 is 0 Å². The summed E-state index contributed by atoms with van der Waals surface area (Å²) in [4.78, 5) is 11.9. The Morgan fingerprint density at radius 3 is 2.93 bits per heavy atom. The molecule has 0 fully saturated rings. The fraction of sp³-hybridized carbons (Fsp3) is 0.300. The normalized spacial score (nSPS) is 15.0. The molecule has 0 radical (unpaired) electrons. The van der Waals surface area contributed by atoms with Gasteiger partial charge in [-0.25, -0.2) is 0 Å². The highest BCUT2D eigenvalue weighted by atomic mass is 35.5. The van der Waals surface area contributed by atoms with Gasteiger partial charge in [-0.2, -0.15) is 0 Å². The topological polar surface area (TPSA) is 17.1 Å². The van der Waals surface area contributed by atoms with E-state index >= 15 is 0 Å². The van der Waals surface area contributed by atoms with Gasteiger partial charge >= 0.3 is 0 Å². The van der Waals surface area contributed by atoms with Gasteiger partial charge < -0.3 is 0 Å². The molecule has 1 heterocycles. The maximum atomic E-state index is 10.9. The number of halogens is 2. The van der Waals surface area contributed by atoms with Crippen molar-refractivity contribution in [3.63, 3.8) is 0 Å². The van der Waals surface area contributed by atoms with Gasteiger partial charge in [0.05, 0.1) is 10.0 Å². The number of benzene rings is 1. The minimum Gasteiger partial charge on any atom is -0.298 e. The van der Waals surface area contributed by atoms with Crippen molar-refractivity contribution in [3.8, 4) is 0 Å². The maximum Gasteiger partial charge on any atom is 0.152 e. The van der Waals surface area contributed by atoms with E-state index in [1.54, 1.807) is 11.8 Å². The number of rotatable bonds is 1. The van der Waals surface area contributed by atoms with Crippen molar-refractivity contribution in [2.24, 2.45) is 0 Å². The number of hydrogen-bond donors (Lipinski definition) is 0. The molecule has 4 heteroatoms. The first-order chi connectivity index (χ1) is 6.74. The monoisotopic (exact) mass is 246 g/mol. The molecule has 1 aromatic rings. The molecule has 1 aliphatic rings. The number of thioether (sulfide) groups is 1. The van der Waals surface area contributed by atoms with Crippen LogP contribution in [-0.2, 0) is 6.42 Å². The Bertz CT molecular complexity index is 390. The van der Waals surface area contributed by atoms with Gasteiger partial charge in [-0.05, 0) is 30.2 Å². The minimum absolute atomic E-state index is 0.384. The van der Waals surface area contributed by atoms with Crippen molar-refractivity contribution in [2.45, 2.75) is 17.7 Å². The van der Waals surface area contributed by atoms with Crippen LogP contribution in [0.1, 0.15) is 22.3 Å². The highest BCUT2D eigenvalue weighted by Gasteiger charge is 2.18. The van der Waals surface area contributed by atoms with Crippen LogP contribution in [0.15, 0.2) is 11.0 Å². The van der Waals surface area contributed by atoms with Crippen LogP contribution in [0, 0.1) is 0 Å². The highest BCUT2D eigenvalue weighted by Crippen LogP contribution is 2.39. The Balaban J connectivity index is 2.65. The summed E-state index contributed by atoms with van der Waals surface area (Å²) >= 11 is 13.6. The van der Waals surface area contributed by atoms with Gasteiger partial charge in [-0.1, -0.05) is 23.2 Å². The second-order valence-corrected chi connectivity index (χ2v) is 5.03. The molecule has 0 saturated heterocycles. The third-order valence-corrected chi connectivity index (χ3v) is 4.30. The van der Waals surface area contributed by atoms with Crippen LogP contribution >= 0.6 is 35.0 Å². The molecule has 74 valence electrons. The number of aryl methyl sites for hydroxylation is 1. The van der Waals surface area contributed by atoms with Crippen molar-refractivity contribution in [1.29, 1.82) is 0 Å². The Morgan fingerprint density at radius 2 is 2.21 bits per heavy atom. The molecule has 1 aliphatic heterocycles. The Hall–Kier alpha value is -0.180. The number of aldehydes is 1. The lowest BCUT2D eigenvalue weighted by molar-refractivity contribution is 0.112. The highest BCUT2D eigenvalue weighted by molar-refractivity contribution is 7.99. The standard InChI is InChI=1S/C10H8Cl2OS/c11-8-4-6-2-1-3-14-10(6)7(5-13)9(8)12/h4-5H,1-3H2. The van der Waals surface area contributed by atoms with E-state index in [9.17, 15) is 4.79 Å². The summed E-state index contributed by atoms with van der Waals surface area (Å²) in [6.45, 7) is 0. The SMILES string of the molecule is O=Cc1c(Cl)c(Cl)cc2c1SCCC2. The average Bonchev–Trinajstić information content (AvgIpc) is 2.20. The molecule has 0 amide bonds. The quantitative estimate of drug-likeness (QED) is 0.701. The van der Waals surface area contributed by atoms with Gasteiger partial charge in [-0.15, -0.1) is 11.8 Å². The molecular weight excluding hydrogens is 239 g/mol. The van der Waals surface area contributed by atoms with Gasteiger partial charge in [-0.3, -0.25) is 4.79 Å². The van der Waals surface area contributed by atoms with Gasteiger partial charge in [0.15, 0.2) is 6.29 Å². The molecule has 0 spiro atoms. The molecular formula is C10H8Cl2OS. The molecule has 0 aromatic heterocycles. The maximum absolute atomic E-state index is 10.9. The third kappa shape index (κ3) is 1.67. The van der Waals surface area contributed by atoms with Gasteiger partial charge in [0.1, 0.15) is 0 Å². The number of carbonyl (C=O) groups is 1. The molecule has 0 aliphatic carbocycles. The molecule has 14 heavy (non-hydrogen) atoms. The van der Waals surface area contributed by atoms with Gasteiger partial charge in [0.2, 0.25) is 0 Å². The summed E-state index contributed by atoms with van der Waals surface area (Å²) in [6, 6.07) is 1.87. The molecule has 1 nitrogen and oxygen atoms in total. The number of fused-ring (bicyclic) bond motifs is 1. The fourth-order valence-corrected chi connectivity index (χ4v) is 3.21. The zero-order valence-corrected chi connectivity index (χ0v) is 9.68. The van der Waals surface area contributed by atoms with E-state index in [-0.39, 0.29) is 0 Å². The number of hydrogen-bond acceptors (Lipinski definition) is 2. The lowest BCUT2D eigenvalue weighted by Gasteiger charge is -2.18. The molecule has 0 N–H and O–H groups in total. The summed E-state index contributed by atoms with van der Waals surface area (Å²) in [5.41, 5.74) is 1.71. The minimum atomic E-state index is 0.384. The van der Waals surface area contributed by atoms with E-state index in [4.69, 9.17) is 23.2 Å². The van der Waals surface area contributed by atoms with Crippen molar-refractivity contribution in [1.82, 2.24) is 0 Å². The first kappa shape index (κ1) is 10.3. The van der Waals surface area contributed by atoms with E-state index in [1.165, 1.54) is 0 Å². The second kappa shape index (κ2) is 4.13. The van der Waals surface area contributed by atoms with E-state index in [0.29, 0.717) is 15.6 Å². The van der Waals surface area contributed by atoms with Crippen LogP contribution in [0.25, 0.3) is 0 Å². The van der Waals surface area contributed by atoms with Gasteiger partial charge in [0, 0.05) is 10.5 Å². The van der Waals surface area contributed by atoms with Crippen LogP contribution in [0.3, 0.4) is 0 Å². The Labute approximate surface area is 96.8 Å². The fourth-order valence-electron chi connectivity index (χ4n) is 1.58. The van der Waals surface area contributed by atoms with E-state index in [0.717, 1.165) is 35.3 Å². The summed E-state index contributed by atoms with van der Waals surface area (Å²) in [5.74, 6) is 1.05.